The summed E-state index contributed by atoms with van der Waals surface area (Å²) in [4.78, 5) is 24.5. The molecule has 1 rings (SSSR count). The van der Waals surface area contributed by atoms with Crippen LogP contribution in [0.1, 0.15) is 10.5 Å². The zero-order valence-corrected chi connectivity index (χ0v) is 9.08. The standard InChI is InChI=1S/C8H11N3O4S/c9-16(14,15)5-4-10-8(13)6-2-1-3-7(12)11-6/h1-3H,4-5H2,(H,10,13)(H,11,12)(H2,9,14,15). The van der Waals surface area contributed by atoms with Gasteiger partial charge in [0.15, 0.2) is 0 Å². The first-order valence-corrected chi connectivity index (χ1v) is 6.08. The molecule has 7 nitrogen and oxygen atoms in total. The van der Waals surface area contributed by atoms with Crippen LogP contribution < -0.4 is 16.0 Å². The molecule has 1 aromatic rings. The number of amides is 1. The molecular weight excluding hydrogens is 234 g/mol. The van der Waals surface area contributed by atoms with Crippen LogP contribution >= 0.6 is 0 Å². The number of hydrogen-bond acceptors (Lipinski definition) is 4. The highest BCUT2D eigenvalue weighted by Gasteiger charge is 2.07. The van der Waals surface area contributed by atoms with Gasteiger partial charge in [-0.15, -0.1) is 0 Å². The Balaban J connectivity index is 2.57. The summed E-state index contributed by atoms with van der Waals surface area (Å²) in [5.41, 5.74) is -0.332. The van der Waals surface area contributed by atoms with Gasteiger partial charge in [0.2, 0.25) is 15.6 Å². The predicted octanol–water partition coefficient (Wildman–Crippen LogP) is -1.61. The van der Waals surface area contributed by atoms with E-state index in [0.717, 1.165) is 0 Å². The maximum atomic E-state index is 11.4. The van der Waals surface area contributed by atoms with Crippen LogP contribution in [0.25, 0.3) is 0 Å². The fourth-order valence-corrected chi connectivity index (χ4v) is 1.37. The summed E-state index contributed by atoms with van der Waals surface area (Å²) in [6, 6.07) is 4.10. The Bertz CT molecular complexity index is 534. The summed E-state index contributed by atoms with van der Waals surface area (Å²) in [7, 11) is -3.60. The van der Waals surface area contributed by atoms with Gasteiger partial charge in [-0.3, -0.25) is 9.59 Å². The van der Waals surface area contributed by atoms with E-state index in [2.05, 4.69) is 10.3 Å². The van der Waals surface area contributed by atoms with Crippen molar-refractivity contribution in [3.05, 3.63) is 34.2 Å². The van der Waals surface area contributed by atoms with Gasteiger partial charge in [0.25, 0.3) is 5.91 Å². The Morgan fingerprint density at radius 1 is 1.44 bits per heavy atom. The fourth-order valence-electron chi connectivity index (χ4n) is 0.982. The van der Waals surface area contributed by atoms with E-state index >= 15 is 0 Å². The van der Waals surface area contributed by atoms with Crippen molar-refractivity contribution in [1.82, 2.24) is 10.3 Å². The van der Waals surface area contributed by atoms with Gasteiger partial charge in [-0.1, -0.05) is 6.07 Å². The average molecular weight is 245 g/mol. The lowest BCUT2D eigenvalue weighted by Gasteiger charge is -2.03. The average Bonchev–Trinajstić information content (AvgIpc) is 2.15. The number of hydrogen-bond donors (Lipinski definition) is 3. The van der Waals surface area contributed by atoms with Crippen LogP contribution in [0.4, 0.5) is 0 Å². The van der Waals surface area contributed by atoms with Crippen molar-refractivity contribution in [3.8, 4) is 0 Å². The van der Waals surface area contributed by atoms with Crippen LogP contribution in [-0.2, 0) is 10.0 Å². The van der Waals surface area contributed by atoms with Crippen LogP contribution in [0.3, 0.4) is 0 Å². The molecule has 0 aromatic carbocycles. The maximum Gasteiger partial charge on any atom is 0.267 e. The van der Waals surface area contributed by atoms with E-state index in [1.54, 1.807) is 0 Å². The smallest absolute Gasteiger partial charge is 0.267 e. The molecule has 0 saturated heterocycles. The summed E-state index contributed by atoms with van der Waals surface area (Å²) in [5, 5.41) is 7.06. The number of H-pyrrole nitrogens is 1. The van der Waals surface area contributed by atoms with Crippen LogP contribution in [0.2, 0.25) is 0 Å². The molecule has 16 heavy (non-hydrogen) atoms. The van der Waals surface area contributed by atoms with E-state index < -0.39 is 21.5 Å². The molecule has 8 heteroatoms. The minimum atomic E-state index is -3.60. The minimum absolute atomic E-state index is 0.0712. The number of pyridine rings is 1. The third-order valence-electron chi connectivity index (χ3n) is 1.69. The third kappa shape index (κ3) is 4.24. The van der Waals surface area contributed by atoms with Gasteiger partial charge in [0.1, 0.15) is 5.69 Å². The molecule has 88 valence electrons. The highest BCUT2D eigenvalue weighted by atomic mass is 32.2. The molecule has 0 aliphatic rings. The SMILES string of the molecule is NS(=O)(=O)CCNC(=O)c1cccc(=O)[nH]1. The van der Waals surface area contributed by atoms with Crippen molar-refractivity contribution >= 4 is 15.9 Å². The van der Waals surface area contributed by atoms with Crippen molar-refractivity contribution in [3.63, 3.8) is 0 Å². The largest absolute Gasteiger partial charge is 0.350 e. The lowest BCUT2D eigenvalue weighted by molar-refractivity contribution is 0.0951. The van der Waals surface area contributed by atoms with E-state index in [0.29, 0.717) is 0 Å². The molecule has 0 atom stereocenters. The second-order valence-corrected chi connectivity index (χ2v) is 4.79. The van der Waals surface area contributed by atoms with Gasteiger partial charge in [0.05, 0.1) is 5.75 Å². The molecule has 0 spiro atoms. The summed E-state index contributed by atoms with van der Waals surface area (Å²) in [6.07, 6.45) is 0. The lowest BCUT2D eigenvalue weighted by Crippen LogP contribution is -2.32. The Morgan fingerprint density at radius 2 is 2.12 bits per heavy atom. The van der Waals surface area contributed by atoms with Crippen molar-refractivity contribution in [2.24, 2.45) is 5.14 Å². The molecule has 1 aromatic heterocycles. The summed E-state index contributed by atoms with van der Waals surface area (Å²) in [6.45, 7) is -0.103. The van der Waals surface area contributed by atoms with Crippen LogP contribution in [0.5, 0.6) is 0 Å². The molecule has 0 radical (unpaired) electrons. The molecule has 0 bridgehead atoms. The van der Waals surface area contributed by atoms with E-state index in [1.165, 1.54) is 18.2 Å². The van der Waals surface area contributed by atoms with E-state index in [4.69, 9.17) is 5.14 Å². The number of carbonyl (C=O) groups excluding carboxylic acids is 1. The summed E-state index contributed by atoms with van der Waals surface area (Å²) in [5.74, 6) is -0.906. The number of aromatic amines is 1. The first-order chi connectivity index (χ1) is 7.38. The zero-order valence-electron chi connectivity index (χ0n) is 8.26. The fraction of sp³-hybridized carbons (Fsp3) is 0.250. The van der Waals surface area contributed by atoms with Crippen molar-refractivity contribution in [2.75, 3.05) is 12.3 Å². The maximum absolute atomic E-state index is 11.4. The van der Waals surface area contributed by atoms with Crippen molar-refractivity contribution in [2.45, 2.75) is 0 Å². The van der Waals surface area contributed by atoms with Crippen LogP contribution in [0, 0.1) is 0 Å². The van der Waals surface area contributed by atoms with E-state index in [-0.39, 0.29) is 18.0 Å². The highest BCUT2D eigenvalue weighted by molar-refractivity contribution is 7.89. The number of nitrogens with two attached hydrogens (primary N) is 1. The first-order valence-electron chi connectivity index (χ1n) is 4.36. The molecule has 0 unspecified atom stereocenters. The number of carbonyl (C=O) groups is 1. The van der Waals surface area contributed by atoms with Gasteiger partial charge in [-0.25, -0.2) is 13.6 Å². The minimum Gasteiger partial charge on any atom is -0.350 e. The lowest BCUT2D eigenvalue weighted by atomic mass is 10.3. The quantitative estimate of drug-likeness (QED) is 0.590. The number of nitrogens with one attached hydrogen (secondary N) is 2. The predicted molar refractivity (Wildman–Crippen MR) is 57.4 cm³/mol. The van der Waals surface area contributed by atoms with E-state index in [9.17, 15) is 18.0 Å². The van der Waals surface area contributed by atoms with Gasteiger partial charge >= 0.3 is 0 Å². The molecule has 1 amide bonds. The Kier molecular flexibility index (Phi) is 3.80. The molecular formula is C8H11N3O4S. The molecule has 0 aliphatic carbocycles. The third-order valence-corrected chi connectivity index (χ3v) is 2.46. The number of aromatic nitrogens is 1. The van der Waals surface area contributed by atoms with Crippen molar-refractivity contribution in [1.29, 1.82) is 0 Å². The van der Waals surface area contributed by atoms with Gasteiger partial charge in [-0.05, 0) is 6.07 Å². The van der Waals surface area contributed by atoms with Crippen LogP contribution in [-0.4, -0.2) is 31.6 Å². The van der Waals surface area contributed by atoms with Crippen molar-refractivity contribution < 1.29 is 13.2 Å². The molecule has 0 saturated carbocycles. The normalized spacial score (nSPS) is 11.1. The molecule has 0 fully saturated rings. The first kappa shape index (κ1) is 12.4. The Morgan fingerprint density at radius 3 is 2.69 bits per heavy atom. The highest BCUT2D eigenvalue weighted by Crippen LogP contribution is 1.89. The van der Waals surface area contributed by atoms with Crippen LogP contribution in [0.15, 0.2) is 23.0 Å². The molecule has 1 heterocycles. The second-order valence-electron chi connectivity index (χ2n) is 3.05. The van der Waals surface area contributed by atoms with E-state index in [1.807, 2.05) is 0 Å². The monoisotopic (exact) mass is 245 g/mol. The molecule has 0 aliphatic heterocycles. The number of rotatable bonds is 4. The Hall–Kier alpha value is -1.67. The summed E-state index contributed by atoms with van der Waals surface area (Å²) >= 11 is 0. The molecule has 4 N–H and O–H groups in total. The number of primary sulfonamides is 1. The summed E-state index contributed by atoms with van der Waals surface area (Å²) < 4.78 is 21.1. The zero-order chi connectivity index (χ0) is 12.2. The second kappa shape index (κ2) is 4.90. The van der Waals surface area contributed by atoms with Gasteiger partial charge < -0.3 is 10.3 Å². The Labute approximate surface area is 91.7 Å². The van der Waals surface area contributed by atoms with Gasteiger partial charge in [-0.2, -0.15) is 0 Å². The number of sulfonamides is 1. The van der Waals surface area contributed by atoms with Gasteiger partial charge in [0, 0.05) is 12.6 Å². The topological polar surface area (TPSA) is 122 Å².